The van der Waals surface area contributed by atoms with Crippen LogP contribution >= 0.6 is 0 Å². The molecule has 3 amide bonds. The van der Waals surface area contributed by atoms with Gasteiger partial charge in [0.25, 0.3) is 5.70 Å². The maximum atomic E-state index is 12.1. The Morgan fingerprint density at radius 2 is 1.97 bits per heavy atom. The van der Waals surface area contributed by atoms with Crippen LogP contribution in [-0.2, 0) is 4.74 Å². The molecule has 1 aliphatic rings. The van der Waals surface area contributed by atoms with Gasteiger partial charge >= 0.3 is 12.1 Å². The number of alkyl carbamates (subject to hydrolysis) is 1. The van der Waals surface area contributed by atoms with E-state index in [1.807, 2.05) is 0 Å². The summed E-state index contributed by atoms with van der Waals surface area (Å²) >= 11 is 0. The molecular formula is C19H26N4O6. The molecule has 0 aliphatic carbocycles. The van der Waals surface area contributed by atoms with E-state index in [0.717, 1.165) is 6.42 Å². The molecule has 1 unspecified atom stereocenters. The maximum Gasteiger partial charge on any atom is 0.407 e. The molecule has 0 saturated carbocycles. The Hall–Kier alpha value is -3.30. The fraction of sp³-hybridized carbons (Fsp3) is 0.474. The average Bonchev–Trinajstić information content (AvgIpc) is 2.70. The summed E-state index contributed by atoms with van der Waals surface area (Å²) in [6, 6.07) is 5.45. The first kappa shape index (κ1) is 22.0. The predicted octanol–water partition coefficient (Wildman–Crippen LogP) is 2.84. The number of nitrogens with one attached hydrogen (secondary N) is 3. The van der Waals surface area contributed by atoms with Crippen molar-refractivity contribution in [3.8, 4) is 5.75 Å². The van der Waals surface area contributed by atoms with Crippen LogP contribution in [0.1, 0.15) is 44.2 Å². The first-order chi connectivity index (χ1) is 14.0. The smallest absolute Gasteiger partial charge is 0.407 e. The van der Waals surface area contributed by atoms with E-state index in [1.165, 1.54) is 7.11 Å². The first-order valence-electron chi connectivity index (χ1n) is 9.45. The van der Waals surface area contributed by atoms with Crippen LogP contribution in [0.4, 0.5) is 9.59 Å². The average molecular weight is 406 g/mol. The zero-order valence-electron chi connectivity index (χ0n) is 16.5. The van der Waals surface area contributed by atoms with Crippen LogP contribution in [0.3, 0.4) is 0 Å². The van der Waals surface area contributed by atoms with Crippen molar-refractivity contribution in [1.29, 1.82) is 0 Å². The molecular weight excluding hydrogens is 380 g/mol. The molecule has 0 spiro atoms. The lowest BCUT2D eigenvalue weighted by atomic mass is 9.98. The van der Waals surface area contributed by atoms with Crippen molar-refractivity contribution in [3.05, 3.63) is 51.3 Å². The summed E-state index contributed by atoms with van der Waals surface area (Å²) < 4.78 is 9.88. The molecule has 29 heavy (non-hydrogen) atoms. The minimum absolute atomic E-state index is 0.0700. The maximum absolute atomic E-state index is 12.1. The summed E-state index contributed by atoms with van der Waals surface area (Å²) in [7, 11) is 1.53. The van der Waals surface area contributed by atoms with Gasteiger partial charge in [-0.2, -0.15) is 0 Å². The Morgan fingerprint density at radius 3 is 2.59 bits per heavy atom. The summed E-state index contributed by atoms with van der Waals surface area (Å²) in [5.41, 5.74) is 0.834. The lowest BCUT2D eigenvalue weighted by Gasteiger charge is -2.25. The summed E-state index contributed by atoms with van der Waals surface area (Å²) in [5, 5.41) is 19.5. The van der Waals surface area contributed by atoms with Crippen molar-refractivity contribution in [2.24, 2.45) is 0 Å². The monoisotopic (exact) mass is 406 g/mol. The van der Waals surface area contributed by atoms with Gasteiger partial charge in [0.1, 0.15) is 11.8 Å². The lowest BCUT2D eigenvalue weighted by molar-refractivity contribution is -0.433. The molecule has 3 N–H and O–H groups in total. The molecule has 0 saturated heterocycles. The second-order valence-electron chi connectivity index (χ2n) is 6.38. The largest absolute Gasteiger partial charge is 0.497 e. The standard InChI is InChI=1S/C19H26N4O6/c1-3-29-19(25)20-12-6-4-5-7-15-17(23(26)27)16(22-18(24)21-15)13-8-10-14(28-2)11-9-13/h8-11,16H,3-7,12H2,1-2H3,(H,20,25)(H2,21,22,24). The molecule has 0 fully saturated rings. The number of hydrogen-bond acceptors (Lipinski definition) is 6. The molecule has 0 aromatic heterocycles. The van der Waals surface area contributed by atoms with E-state index in [4.69, 9.17) is 9.47 Å². The number of nitro groups is 1. The van der Waals surface area contributed by atoms with Gasteiger partial charge in [-0.3, -0.25) is 10.1 Å². The quantitative estimate of drug-likeness (QED) is 0.311. The highest BCUT2D eigenvalue weighted by Gasteiger charge is 2.36. The third kappa shape index (κ3) is 6.37. The van der Waals surface area contributed by atoms with E-state index >= 15 is 0 Å². The summed E-state index contributed by atoms with van der Waals surface area (Å²) in [6.07, 6.45) is 1.97. The van der Waals surface area contributed by atoms with Crippen molar-refractivity contribution >= 4 is 12.1 Å². The second kappa shape index (κ2) is 10.9. The highest BCUT2D eigenvalue weighted by Crippen LogP contribution is 2.30. The van der Waals surface area contributed by atoms with Gasteiger partial charge in [0.15, 0.2) is 0 Å². The van der Waals surface area contributed by atoms with Crippen molar-refractivity contribution in [3.63, 3.8) is 0 Å². The van der Waals surface area contributed by atoms with Crippen LogP contribution in [-0.4, -0.2) is 37.3 Å². The van der Waals surface area contributed by atoms with E-state index in [1.54, 1.807) is 31.2 Å². The Bertz CT molecular complexity index is 762. The van der Waals surface area contributed by atoms with Crippen LogP contribution in [0.5, 0.6) is 5.75 Å². The third-order valence-corrected chi connectivity index (χ3v) is 4.42. The molecule has 10 nitrogen and oxygen atoms in total. The number of nitrogens with zero attached hydrogens (tertiary/aromatic N) is 1. The second-order valence-corrected chi connectivity index (χ2v) is 6.38. The van der Waals surface area contributed by atoms with Gasteiger partial charge in [-0.1, -0.05) is 18.6 Å². The Balaban J connectivity index is 2.01. The van der Waals surface area contributed by atoms with Gasteiger partial charge in [-0.15, -0.1) is 0 Å². The molecule has 1 atom stereocenters. The molecule has 0 radical (unpaired) electrons. The molecule has 0 bridgehead atoms. The van der Waals surface area contributed by atoms with E-state index in [9.17, 15) is 19.7 Å². The Labute approximate surface area is 168 Å². The third-order valence-electron chi connectivity index (χ3n) is 4.42. The number of unbranched alkanes of at least 4 members (excludes halogenated alkanes) is 2. The number of allylic oxidation sites excluding steroid dienone is 1. The van der Waals surface area contributed by atoms with Gasteiger partial charge in [0, 0.05) is 6.54 Å². The molecule has 158 valence electrons. The number of urea groups is 1. The lowest BCUT2D eigenvalue weighted by Crippen LogP contribution is -2.45. The van der Waals surface area contributed by atoms with Gasteiger partial charge in [0.05, 0.1) is 24.3 Å². The molecule has 2 rings (SSSR count). The number of carbonyl (C=O) groups is 2. The summed E-state index contributed by atoms with van der Waals surface area (Å²) in [6.45, 7) is 2.50. The SMILES string of the molecule is CCOC(=O)NCCCCCC1=C([N+](=O)[O-])C(c2ccc(OC)cc2)NC(=O)N1. The number of carbonyl (C=O) groups excluding carboxylic acids is 2. The molecule has 1 aromatic carbocycles. The van der Waals surface area contributed by atoms with E-state index in [0.29, 0.717) is 49.4 Å². The highest BCUT2D eigenvalue weighted by molar-refractivity contribution is 5.78. The van der Waals surface area contributed by atoms with Crippen molar-refractivity contribution in [2.75, 3.05) is 20.3 Å². The zero-order chi connectivity index (χ0) is 21.2. The molecule has 1 aliphatic heterocycles. The van der Waals surface area contributed by atoms with Crippen LogP contribution in [0, 0.1) is 10.1 Å². The fourth-order valence-electron chi connectivity index (χ4n) is 3.03. The van der Waals surface area contributed by atoms with E-state index in [2.05, 4.69) is 16.0 Å². The minimum atomic E-state index is -0.842. The van der Waals surface area contributed by atoms with Crippen molar-refractivity contribution in [2.45, 2.75) is 38.6 Å². The van der Waals surface area contributed by atoms with Gasteiger partial charge in [-0.25, -0.2) is 9.59 Å². The van der Waals surface area contributed by atoms with Crippen LogP contribution in [0.2, 0.25) is 0 Å². The molecule has 10 heteroatoms. The number of ether oxygens (including phenoxy) is 2. The summed E-state index contributed by atoms with van der Waals surface area (Å²) in [5.74, 6) is 0.622. The number of hydrogen-bond donors (Lipinski definition) is 3. The van der Waals surface area contributed by atoms with Crippen molar-refractivity contribution in [1.82, 2.24) is 16.0 Å². The zero-order valence-corrected chi connectivity index (χ0v) is 16.5. The van der Waals surface area contributed by atoms with Crippen LogP contribution in [0.25, 0.3) is 0 Å². The minimum Gasteiger partial charge on any atom is -0.497 e. The van der Waals surface area contributed by atoms with E-state index in [-0.39, 0.29) is 5.70 Å². The summed E-state index contributed by atoms with van der Waals surface area (Å²) in [4.78, 5) is 34.5. The van der Waals surface area contributed by atoms with E-state index < -0.39 is 23.1 Å². The number of methoxy groups -OCH3 is 1. The van der Waals surface area contributed by atoms with Gasteiger partial charge < -0.3 is 25.4 Å². The molecule has 1 aromatic rings. The van der Waals surface area contributed by atoms with Crippen LogP contribution < -0.4 is 20.7 Å². The molecule has 1 heterocycles. The number of amides is 3. The first-order valence-corrected chi connectivity index (χ1v) is 9.45. The van der Waals surface area contributed by atoms with Crippen molar-refractivity contribution < 1.29 is 24.0 Å². The predicted molar refractivity (Wildman–Crippen MR) is 105 cm³/mol. The Kier molecular flexibility index (Phi) is 8.26. The Morgan fingerprint density at radius 1 is 1.24 bits per heavy atom. The topological polar surface area (TPSA) is 132 Å². The normalized spacial score (nSPS) is 15.9. The number of benzene rings is 1. The van der Waals surface area contributed by atoms with Gasteiger partial charge in [0.2, 0.25) is 0 Å². The fourth-order valence-corrected chi connectivity index (χ4v) is 3.03. The highest BCUT2D eigenvalue weighted by atomic mass is 16.6. The van der Waals surface area contributed by atoms with Crippen LogP contribution in [0.15, 0.2) is 35.7 Å². The van der Waals surface area contributed by atoms with Gasteiger partial charge in [-0.05, 0) is 43.9 Å². The number of rotatable bonds is 10.